The zero-order chi connectivity index (χ0) is 18.2. The van der Waals surface area contributed by atoms with Crippen molar-refractivity contribution in [3.8, 4) is 0 Å². The molecule has 26 heavy (non-hydrogen) atoms. The minimum Gasteiger partial charge on any atom is -0.396 e. The van der Waals surface area contributed by atoms with Crippen LogP contribution >= 0.6 is 0 Å². The average molecular weight is 348 g/mol. The molecule has 0 bridgehead atoms. The van der Waals surface area contributed by atoms with Crippen LogP contribution in [0.3, 0.4) is 0 Å². The summed E-state index contributed by atoms with van der Waals surface area (Å²) in [6, 6.07) is 17.8. The van der Waals surface area contributed by atoms with Gasteiger partial charge in [0.2, 0.25) is 0 Å². The number of benzene rings is 2. The zero-order valence-corrected chi connectivity index (χ0v) is 15.7. The number of hydrogen-bond acceptors (Lipinski definition) is 2. The molecule has 0 fully saturated rings. The van der Waals surface area contributed by atoms with Crippen molar-refractivity contribution in [2.45, 2.75) is 51.9 Å². The normalized spacial score (nSPS) is 11.2. The van der Waals surface area contributed by atoms with Crippen LogP contribution in [0.1, 0.15) is 55.0 Å². The van der Waals surface area contributed by atoms with Crippen LogP contribution in [-0.2, 0) is 19.3 Å². The van der Waals surface area contributed by atoms with Crippen molar-refractivity contribution < 1.29 is 5.11 Å². The molecule has 0 aliphatic rings. The van der Waals surface area contributed by atoms with E-state index in [1.54, 1.807) is 0 Å². The molecule has 0 saturated heterocycles. The second-order valence-corrected chi connectivity index (χ2v) is 7.09. The van der Waals surface area contributed by atoms with Crippen LogP contribution < -0.4 is 0 Å². The molecule has 0 radical (unpaired) electrons. The van der Waals surface area contributed by atoms with E-state index in [0.29, 0.717) is 0 Å². The minimum atomic E-state index is 0.272. The molecule has 3 aromatic rings. The third kappa shape index (κ3) is 4.92. The van der Waals surface area contributed by atoms with Gasteiger partial charge in [-0.25, -0.2) is 0 Å². The Labute approximate surface area is 156 Å². The van der Waals surface area contributed by atoms with Gasteiger partial charge in [-0.05, 0) is 66.3 Å². The number of aliphatic hydroxyl groups excluding tert-OH is 1. The fraction of sp³-hybridized carbons (Fsp3) is 0.375. The van der Waals surface area contributed by atoms with Crippen molar-refractivity contribution in [1.82, 2.24) is 4.98 Å². The van der Waals surface area contributed by atoms with Gasteiger partial charge in [0.1, 0.15) is 0 Å². The van der Waals surface area contributed by atoms with Crippen molar-refractivity contribution in [3.63, 3.8) is 0 Å². The van der Waals surface area contributed by atoms with Gasteiger partial charge >= 0.3 is 0 Å². The SMILES string of the molecule is CCCCc1ccc(Cc2nccc3ccc(CCCCO)cc23)cc1. The molecule has 0 unspecified atom stereocenters. The van der Waals surface area contributed by atoms with E-state index >= 15 is 0 Å². The maximum absolute atomic E-state index is 8.98. The number of aromatic nitrogens is 1. The summed E-state index contributed by atoms with van der Waals surface area (Å²) in [4.78, 5) is 4.67. The molecule has 0 amide bonds. The van der Waals surface area contributed by atoms with Crippen LogP contribution in [0.15, 0.2) is 54.7 Å². The Morgan fingerprint density at radius 2 is 1.54 bits per heavy atom. The molecule has 0 spiro atoms. The first-order valence-corrected chi connectivity index (χ1v) is 9.85. The summed E-state index contributed by atoms with van der Waals surface area (Å²) in [5, 5.41) is 11.5. The number of unbranched alkanes of at least 4 members (excludes halogenated alkanes) is 2. The summed E-state index contributed by atoms with van der Waals surface area (Å²) in [7, 11) is 0. The molecule has 2 heteroatoms. The Bertz CT molecular complexity index is 823. The first-order chi connectivity index (χ1) is 12.8. The summed E-state index contributed by atoms with van der Waals surface area (Å²) in [5.74, 6) is 0. The van der Waals surface area contributed by atoms with Crippen molar-refractivity contribution in [2.24, 2.45) is 0 Å². The predicted molar refractivity (Wildman–Crippen MR) is 110 cm³/mol. The van der Waals surface area contributed by atoms with Gasteiger partial charge in [0.15, 0.2) is 0 Å². The van der Waals surface area contributed by atoms with Crippen LogP contribution in [0.25, 0.3) is 10.8 Å². The number of nitrogens with zero attached hydrogens (tertiary/aromatic N) is 1. The molecule has 0 aliphatic heterocycles. The second kappa shape index (κ2) is 9.49. The number of aryl methyl sites for hydroxylation is 2. The predicted octanol–water partition coefficient (Wildman–Crippen LogP) is 5.48. The first-order valence-electron chi connectivity index (χ1n) is 9.85. The second-order valence-electron chi connectivity index (χ2n) is 7.09. The lowest BCUT2D eigenvalue weighted by Gasteiger charge is -2.09. The van der Waals surface area contributed by atoms with E-state index in [1.165, 1.54) is 46.7 Å². The Balaban J connectivity index is 1.79. The lowest BCUT2D eigenvalue weighted by atomic mass is 9.98. The number of aliphatic hydroxyl groups is 1. The molecule has 2 nitrogen and oxygen atoms in total. The van der Waals surface area contributed by atoms with Gasteiger partial charge < -0.3 is 5.11 Å². The molecule has 0 atom stereocenters. The monoisotopic (exact) mass is 347 g/mol. The third-order valence-corrected chi connectivity index (χ3v) is 5.00. The number of hydrogen-bond donors (Lipinski definition) is 1. The Hall–Kier alpha value is -2.19. The topological polar surface area (TPSA) is 33.1 Å². The summed E-state index contributed by atoms with van der Waals surface area (Å²) < 4.78 is 0. The van der Waals surface area contributed by atoms with E-state index in [4.69, 9.17) is 5.11 Å². The van der Waals surface area contributed by atoms with Crippen LogP contribution in [0.4, 0.5) is 0 Å². The number of fused-ring (bicyclic) bond motifs is 1. The Morgan fingerprint density at radius 1 is 0.808 bits per heavy atom. The number of pyridine rings is 1. The van der Waals surface area contributed by atoms with Crippen LogP contribution in [0.5, 0.6) is 0 Å². The van der Waals surface area contributed by atoms with Gasteiger partial charge in [0, 0.05) is 24.6 Å². The minimum absolute atomic E-state index is 0.272. The van der Waals surface area contributed by atoms with E-state index in [-0.39, 0.29) is 6.61 Å². The summed E-state index contributed by atoms with van der Waals surface area (Å²) in [5.41, 5.74) is 5.21. The lowest BCUT2D eigenvalue weighted by Crippen LogP contribution is -1.96. The Kier molecular flexibility index (Phi) is 6.79. The van der Waals surface area contributed by atoms with Crippen LogP contribution in [0, 0.1) is 0 Å². The highest BCUT2D eigenvalue weighted by atomic mass is 16.2. The van der Waals surface area contributed by atoms with E-state index in [9.17, 15) is 0 Å². The molecular weight excluding hydrogens is 318 g/mol. The van der Waals surface area contributed by atoms with Crippen molar-refractivity contribution in [1.29, 1.82) is 0 Å². The molecule has 1 N–H and O–H groups in total. The number of rotatable bonds is 9. The van der Waals surface area contributed by atoms with Crippen LogP contribution in [-0.4, -0.2) is 16.7 Å². The van der Waals surface area contributed by atoms with Gasteiger partial charge in [0.05, 0.1) is 5.69 Å². The highest BCUT2D eigenvalue weighted by Crippen LogP contribution is 2.22. The fourth-order valence-electron chi connectivity index (χ4n) is 3.41. The molecule has 1 heterocycles. The molecule has 136 valence electrons. The molecule has 2 aromatic carbocycles. The molecule has 0 saturated carbocycles. The van der Waals surface area contributed by atoms with Gasteiger partial charge in [-0.3, -0.25) is 4.98 Å². The molecular formula is C24H29NO. The summed E-state index contributed by atoms with van der Waals surface area (Å²) in [6.45, 7) is 2.51. The summed E-state index contributed by atoms with van der Waals surface area (Å²) >= 11 is 0. The van der Waals surface area contributed by atoms with Gasteiger partial charge in [-0.2, -0.15) is 0 Å². The molecule has 1 aromatic heterocycles. The van der Waals surface area contributed by atoms with Crippen molar-refractivity contribution in [2.75, 3.05) is 6.61 Å². The Morgan fingerprint density at radius 3 is 2.31 bits per heavy atom. The maximum Gasteiger partial charge on any atom is 0.0525 e. The van der Waals surface area contributed by atoms with E-state index in [1.807, 2.05) is 6.20 Å². The fourth-order valence-corrected chi connectivity index (χ4v) is 3.41. The third-order valence-electron chi connectivity index (χ3n) is 5.00. The average Bonchev–Trinajstić information content (AvgIpc) is 2.68. The van der Waals surface area contributed by atoms with E-state index < -0.39 is 0 Å². The van der Waals surface area contributed by atoms with Crippen LogP contribution in [0.2, 0.25) is 0 Å². The van der Waals surface area contributed by atoms with E-state index in [0.717, 1.165) is 31.4 Å². The standard InChI is InChI=1S/C24H29NO/c1-2-3-6-19-8-10-21(11-9-19)18-24-23-17-20(7-4-5-16-26)12-13-22(23)14-15-25-24/h8-15,17,26H,2-7,16,18H2,1H3. The largest absolute Gasteiger partial charge is 0.396 e. The van der Waals surface area contributed by atoms with Gasteiger partial charge in [-0.15, -0.1) is 0 Å². The van der Waals surface area contributed by atoms with Gasteiger partial charge in [-0.1, -0.05) is 49.7 Å². The first kappa shape index (κ1) is 18.6. The zero-order valence-electron chi connectivity index (χ0n) is 15.7. The highest BCUT2D eigenvalue weighted by Gasteiger charge is 2.06. The van der Waals surface area contributed by atoms with Crippen molar-refractivity contribution in [3.05, 3.63) is 77.1 Å². The maximum atomic E-state index is 8.98. The van der Waals surface area contributed by atoms with Crippen molar-refractivity contribution >= 4 is 10.8 Å². The quantitative estimate of drug-likeness (QED) is 0.520. The molecule has 3 rings (SSSR count). The lowest BCUT2D eigenvalue weighted by molar-refractivity contribution is 0.284. The highest BCUT2D eigenvalue weighted by molar-refractivity contribution is 5.85. The smallest absolute Gasteiger partial charge is 0.0525 e. The summed E-state index contributed by atoms with van der Waals surface area (Å²) in [6.07, 6.45) is 9.34. The van der Waals surface area contributed by atoms with E-state index in [2.05, 4.69) is 60.4 Å². The van der Waals surface area contributed by atoms with Gasteiger partial charge in [0.25, 0.3) is 0 Å². The molecule has 0 aliphatic carbocycles.